The highest BCUT2D eigenvalue weighted by atomic mass is 35.5. The zero-order chi connectivity index (χ0) is 25.2. The van der Waals surface area contributed by atoms with Crippen LogP contribution in [0.5, 0.6) is 0 Å². The maximum absolute atomic E-state index is 14.7. The average molecular weight is 517 g/mol. The lowest BCUT2D eigenvalue weighted by atomic mass is 9.85. The zero-order valence-electron chi connectivity index (χ0n) is 19.8. The Morgan fingerprint density at radius 1 is 1.09 bits per heavy atom. The van der Waals surface area contributed by atoms with Gasteiger partial charge in [0, 0.05) is 29.1 Å². The maximum Gasteiger partial charge on any atom is 0.227 e. The Morgan fingerprint density at radius 2 is 1.77 bits per heavy atom. The van der Waals surface area contributed by atoms with Gasteiger partial charge in [0.25, 0.3) is 0 Å². The SMILES string of the molecule is Cc1ccc(S(=O)(=O)[C@@H]2CCC[C@H]2C(=O)N(Cc2ccc(Cl)cc2F)C2CCC(C#N)CC2)cc1. The predicted molar refractivity (Wildman–Crippen MR) is 133 cm³/mol. The molecule has 4 rings (SSSR count). The van der Waals surface area contributed by atoms with Gasteiger partial charge in [0.2, 0.25) is 5.91 Å². The quantitative estimate of drug-likeness (QED) is 0.483. The van der Waals surface area contributed by atoms with E-state index in [4.69, 9.17) is 11.6 Å². The molecule has 0 N–H and O–H groups in total. The second kappa shape index (κ2) is 10.7. The number of hydrogen-bond acceptors (Lipinski definition) is 4. The largest absolute Gasteiger partial charge is 0.335 e. The molecule has 1 amide bonds. The Kier molecular flexibility index (Phi) is 7.83. The van der Waals surface area contributed by atoms with Gasteiger partial charge in [0.05, 0.1) is 22.1 Å². The van der Waals surface area contributed by atoms with Crippen molar-refractivity contribution < 1.29 is 17.6 Å². The summed E-state index contributed by atoms with van der Waals surface area (Å²) in [7, 11) is -3.70. The highest BCUT2D eigenvalue weighted by Gasteiger charge is 2.45. The van der Waals surface area contributed by atoms with Gasteiger partial charge >= 0.3 is 0 Å². The Balaban J connectivity index is 1.63. The van der Waals surface area contributed by atoms with Crippen LogP contribution in [-0.2, 0) is 21.2 Å². The standard InChI is InChI=1S/C27H30ClFN2O3S/c1-18-5-13-23(14-6-18)35(33,34)26-4-2-3-24(26)27(32)31(22-11-7-19(16-30)8-12-22)17-20-9-10-21(28)15-25(20)29/h5-6,9-10,13-15,19,22,24,26H,2-4,7-8,11-12,17H2,1H3/t19?,22?,24-,26-/m1/s1. The van der Waals surface area contributed by atoms with E-state index in [0.29, 0.717) is 50.5 Å². The second-order valence-corrected chi connectivity index (χ2v) is 12.4. The second-order valence-electron chi connectivity index (χ2n) is 9.77. The van der Waals surface area contributed by atoms with Gasteiger partial charge in [-0.25, -0.2) is 12.8 Å². The number of rotatable bonds is 6. The van der Waals surface area contributed by atoms with Crippen LogP contribution in [0.4, 0.5) is 4.39 Å². The Hall–Kier alpha value is -2.43. The van der Waals surface area contributed by atoms with E-state index in [1.54, 1.807) is 41.3 Å². The third-order valence-electron chi connectivity index (χ3n) is 7.48. The topological polar surface area (TPSA) is 78.2 Å². The number of hydrogen-bond donors (Lipinski definition) is 0. The molecular weight excluding hydrogens is 487 g/mol. The molecule has 2 aliphatic rings. The van der Waals surface area contributed by atoms with Gasteiger partial charge in [0.15, 0.2) is 9.84 Å². The molecule has 2 aliphatic carbocycles. The summed E-state index contributed by atoms with van der Waals surface area (Å²) in [6.45, 7) is 1.95. The lowest BCUT2D eigenvalue weighted by Gasteiger charge is -2.38. The van der Waals surface area contributed by atoms with Gasteiger partial charge in [-0.2, -0.15) is 5.26 Å². The van der Waals surface area contributed by atoms with E-state index in [2.05, 4.69) is 6.07 Å². The number of nitrogens with zero attached hydrogens (tertiary/aromatic N) is 2. The first-order chi connectivity index (χ1) is 16.7. The van der Waals surface area contributed by atoms with Crippen LogP contribution >= 0.6 is 11.6 Å². The van der Waals surface area contributed by atoms with Gasteiger partial charge in [-0.15, -0.1) is 0 Å². The minimum atomic E-state index is -3.70. The summed E-state index contributed by atoms with van der Waals surface area (Å²) in [4.78, 5) is 15.9. The van der Waals surface area contributed by atoms with Crippen molar-refractivity contribution in [3.8, 4) is 6.07 Å². The molecule has 0 aromatic heterocycles. The van der Waals surface area contributed by atoms with Gasteiger partial charge in [0.1, 0.15) is 5.82 Å². The zero-order valence-corrected chi connectivity index (χ0v) is 21.4. The molecule has 0 unspecified atom stereocenters. The third kappa shape index (κ3) is 5.54. The first kappa shape index (κ1) is 25.7. The molecule has 0 heterocycles. The lowest BCUT2D eigenvalue weighted by molar-refractivity contribution is -0.139. The molecule has 0 bridgehead atoms. The van der Waals surface area contributed by atoms with Gasteiger partial charge in [-0.3, -0.25) is 4.79 Å². The minimum Gasteiger partial charge on any atom is -0.335 e. The Bertz CT molecular complexity index is 1220. The first-order valence-corrected chi connectivity index (χ1v) is 14.1. The van der Waals surface area contributed by atoms with Crippen molar-refractivity contribution in [1.82, 2.24) is 4.90 Å². The molecule has 8 heteroatoms. The fourth-order valence-corrected chi connectivity index (χ4v) is 7.62. The smallest absolute Gasteiger partial charge is 0.227 e. The molecule has 2 aromatic carbocycles. The van der Waals surface area contributed by atoms with Crippen LogP contribution in [0.1, 0.15) is 56.1 Å². The Morgan fingerprint density at radius 3 is 2.40 bits per heavy atom. The molecule has 2 saturated carbocycles. The van der Waals surface area contributed by atoms with Gasteiger partial charge in [-0.05, 0) is 69.7 Å². The molecular formula is C27H30ClFN2O3S. The maximum atomic E-state index is 14.7. The molecule has 2 fully saturated rings. The number of nitriles is 1. The van der Waals surface area contributed by atoms with Crippen molar-refractivity contribution in [3.63, 3.8) is 0 Å². The van der Waals surface area contributed by atoms with Crippen molar-refractivity contribution in [2.75, 3.05) is 0 Å². The van der Waals surface area contributed by atoms with E-state index in [9.17, 15) is 22.9 Å². The lowest BCUT2D eigenvalue weighted by Crippen LogP contribution is -2.47. The number of benzene rings is 2. The van der Waals surface area contributed by atoms with Crippen molar-refractivity contribution in [2.45, 2.75) is 74.6 Å². The molecule has 0 spiro atoms. The minimum absolute atomic E-state index is 0.0448. The van der Waals surface area contributed by atoms with E-state index in [1.165, 1.54) is 6.07 Å². The molecule has 2 atom stereocenters. The van der Waals surface area contributed by atoms with E-state index in [-0.39, 0.29) is 34.3 Å². The summed E-state index contributed by atoms with van der Waals surface area (Å²) in [6.07, 6.45) is 4.19. The van der Waals surface area contributed by atoms with Crippen molar-refractivity contribution in [2.24, 2.45) is 11.8 Å². The summed E-state index contributed by atoms with van der Waals surface area (Å²) in [6, 6.07) is 13.3. The van der Waals surface area contributed by atoms with E-state index >= 15 is 0 Å². The number of sulfone groups is 1. The molecule has 0 aliphatic heterocycles. The van der Waals surface area contributed by atoms with Crippen LogP contribution in [-0.4, -0.2) is 30.5 Å². The number of carbonyl (C=O) groups is 1. The fraction of sp³-hybridized carbons (Fsp3) is 0.481. The molecule has 2 aromatic rings. The molecule has 0 saturated heterocycles. The van der Waals surface area contributed by atoms with Crippen LogP contribution < -0.4 is 0 Å². The monoisotopic (exact) mass is 516 g/mol. The summed E-state index contributed by atoms with van der Waals surface area (Å²) in [5, 5.41) is 8.76. The number of amides is 1. The van der Waals surface area contributed by atoms with Crippen molar-refractivity contribution in [3.05, 3.63) is 64.4 Å². The summed E-state index contributed by atoms with van der Waals surface area (Å²) < 4.78 is 41.7. The van der Waals surface area contributed by atoms with E-state index < -0.39 is 26.8 Å². The van der Waals surface area contributed by atoms with Crippen LogP contribution in [0.25, 0.3) is 0 Å². The van der Waals surface area contributed by atoms with Crippen LogP contribution in [0.2, 0.25) is 5.02 Å². The number of aryl methyl sites for hydroxylation is 1. The van der Waals surface area contributed by atoms with Crippen LogP contribution in [0, 0.1) is 35.9 Å². The van der Waals surface area contributed by atoms with Crippen LogP contribution in [0.3, 0.4) is 0 Å². The first-order valence-electron chi connectivity index (χ1n) is 12.2. The van der Waals surface area contributed by atoms with Crippen molar-refractivity contribution >= 4 is 27.3 Å². The molecule has 0 radical (unpaired) electrons. The highest BCUT2D eigenvalue weighted by Crippen LogP contribution is 2.38. The van der Waals surface area contributed by atoms with Gasteiger partial charge in [-0.1, -0.05) is 41.8 Å². The van der Waals surface area contributed by atoms with E-state index in [1.807, 2.05) is 6.92 Å². The fourth-order valence-electron chi connectivity index (χ4n) is 5.43. The molecule has 186 valence electrons. The predicted octanol–water partition coefficient (Wildman–Crippen LogP) is 5.84. The average Bonchev–Trinajstić information content (AvgIpc) is 3.35. The number of carbonyl (C=O) groups excluding carboxylic acids is 1. The molecule has 5 nitrogen and oxygen atoms in total. The summed E-state index contributed by atoms with van der Waals surface area (Å²) >= 11 is 5.92. The third-order valence-corrected chi connectivity index (χ3v) is 10.0. The van der Waals surface area contributed by atoms with Crippen LogP contribution in [0.15, 0.2) is 47.4 Å². The summed E-state index contributed by atoms with van der Waals surface area (Å²) in [5.41, 5.74) is 1.31. The summed E-state index contributed by atoms with van der Waals surface area (Å²) in [5.74, 6) is -1.45. The number of halogens is 2. The Labute approximate surface area is 211 Å². The molecule has 35 heavy (non-hydrogen) atoms. The van der Waals surface area contributed by atoms with Gasteiger partial charge < -0.3 is 4.90 Å². The normalized spacial score (nSPS) is 24.6. The van der Waals surface area contributed by atoms with E-state index in [0.717, 1.165) is 5.56 Å². The van der Waals surface area contributed by atoms with Crippen molar-refractivity contribution in [1.29, 1.82) is 5.26 Å². The highest BCUT2D eigenvalue weighted by molar-refractivity contribution is 7.92.